The summed E-state index contributed by atoms with van der Waals surface area (Å²) in [6, 6.07) is 7.25. The van der Waals surface area contributed by atoms with Gasteiger partial charge in [0.25, 0.3) is 0 Å². The van der Waals surface area contributed by atoms with Gasteiger partial charge in [0.05, 0.1) is 6.42 Å². The number of likely N-dealkylation sites (N-methyl/N-ethyl adjacent to an activating group) is 1. The van der Waals surface area contributed by atoms with Crippen molar-refractivity contribution >= 4 is 11.6 Å². The van der Waals surface area contributed by atoms with Crippen LogP contribution in [0.25, 0.3) is 0 Å². The Morgan fingerprint density at radius 3 is 3.00 bits per heavy atom. The van der Waals surface area contributed by atoms with Crippen LogP contribution < -0.4 is 10.2 Å². The van der Waals surface area contributed by atoms with Crippen LogP contribution in [0.1, 0.15) is 30.4 Å². The molecule has 96 valence electrons. The number of nitrogens with zero attached hydrogens (tertiary/aromatic N) is 1. The Hall–Kier alpha value is -1.35. The lowest BCUT2D eigenvalue weighted by atomic mass is 10.0. The second-order valence-corrected chi connectivity index (χ2v) is 5.42. The number of carbonyl (C=O) groups is 1. The minimum atomic E-state index is 0.206. The molecule has 3 heteroatoms. The maximum absolute atomic E-state index is 11.6. The zero-order chi connectivity index (χ0) is 12.5. The third-order valence-electron chi connectivity index (χ3n) is 3.87. The van der Waals surface area contributed by atoms with Gasteiger partial charge in [-0.05, 0) is 49.4 Å². The lowest BCUT2D eigenvalue weighted by Gasteiger charge is -2.10. The molecule has 1 aliphatic carbocycles. The molecule has 0 radical (unpaired) electrons. The maximum Gasteiger partial charge on any atom is 0.231 e. The second kappa shape index (κ2) is 4.73. The number of anilines is 1. The molecule has 2 aliphatic rings. The van der Waals surface area contributed by atoms with Crippen molar-refractivity contribution in [1.29, 1.82) is 0 Å². The first-order valence-electron chi connectivity index (χ1n) is 6.86. The molecule has 3 nitrogen and oxygen atoms in total. The summed E-state index contributed by atoms with van der Waals surface area (Å²) < 4.78 is 0. The fourth-order valence-electron chi connectivity index (χ4n) is 2.57. The average Bonchev–Trinajstić information content (AvgIpc) is 3.14. The minimum absolute atomic E-state index is 0.206. The summed E-state index contributed by atoms with van der Waals surface area (Å²) in [6.45, 7) is 1.11. The van der Waals surface area contributed by atoms with Crippen LogP contribution in [0, 0.1) is 0 Å². The van der Waals surface area contributed by atoms with Crippen LogP contribution in [-0.4, -0.2) is 25.5 Å². The Labute approximate surface area is 108 Å². The van der Waals surface area contributed by atoms with Gasteiger partial charge in [0, 0.05) is 18.8 Å². The van der Waals surface area contributed by atoms with Crippen LogP contribution in [0.5, 0.6) is 0 Å². The van der Waals surface area contributed by atoms with Gasteiger partial charge < -0.3 is 10.2 Å². The van der Waals surface area contributed by atoms with E-state index in [0.717, 1.165) is 24.7 Å². The highest BCUT2D eigenvalue weighted by molar-refractivity contribution is 6.00. The monoisotopic (exact) mass is 244 g/mol. The number of nitrogens with one attached hydrogen (secondary N) is 1. The number of carbonyl (C=O) groups excluding carboxylic acids is 1. The van der Waals surface area contributed by atoms with Crippen molar-refractivity contribution in [1.82, 2.24) is 5.32 Å². The van der Waals surface area contributed by atoms with Gasteiger partial charge in [-0.2, -0.15) is 0 Å². The largest absolute Gasteiger partial charge is 0.315 e. The highest BCUT2D eigenvalue weighted by Crippen LogP contribution is 2.28. The zero-order valence-corrected chi connectivity index (χ0v) is 10.9. The van der Waals surface area contributed by atoms with Crippen molar-refractivity contribution in [3.8, 4) is 0 Å². The van der Waals surface area contributed by atoms with Crippen LogP contribution in [0.3, 0.4) is 0 Å². The van der Waals surface area contributed by atoms with E-state index in [1.54, 1.807) is 4.90 Å². The maximum atomic E-state index is 11.6. The van der Waals surface area contributed by atoms with E-state index in [-0.39, 0.29) is 5.91 Å². The summed E-state index contributed by atoms with van der Waals surface area (Å²) in [4.78, 5) is 13.4. The minimum Gasteiger partial charge on any atom is -0.315 e. The number of rotatable bonds is 5. The van der Waals surface area contributed by atoms with Crippen LogP contribution in [0.4, 0.5) is 5.69 Å². The fourth-order valence-corrected chi connectivity index (χ4v) is 2.57. The van der Waals surface area contributed by atoms with Crippen molar-refractivity contribution < 1.29 is 4.79 Å². The molecular weight excluding hydrogens is 224 g/mol. The predicted octanol–water partition coefficient (Wildman–Crippen LogP) is 1.89. The van der Waals surface area contributed by atoms with Gasteiger partial charge in [-0.15, -0.1) is 0 Å². The molecule has 0 unspecified atom stereocenters. The number of hydrogen-bond acceptors (Lipinski definition) is 2. The van der Waals surface area contributed by atoms with Crippen molar-refractivity contribution in [2.24, 2.45) is 0 Å². The lowest BCUT2D eigenvalue weighted by Crippen LogP contribution is -2.20. The molecule has 1 aromatic rings. The third-order valence-corrected chi connectivity index (χ3v) is 3.87. The molecule has 1 saturated carbocycles. The summed E-state index contributed by atoms with van der Waals surface area (Å²) in [5.74, 6) is 0.206. The SMILES string of the molecule is CN1C(=O)Cc2cc(CCCNC3CC3)ccc21. The van der Waals surface area contributed by atoms with E-state index in [1.807, 2.05) is 7.05 Å². The van der Waals surface area contributed by atoms with E-state index >= 15 is 0 Å². The summed E-state index contributed by atoms with van der Waals surface area (Å²) in [6.07, 6.45) is 5.56. The number of fused-ring (bicyclic) bond motifs is 1. The molecular formula is C15H20N2O. The predicted molar refractivity (Wildman–Crippen MR) is 72.9 cm³/mol. The average molecular weight is 244 g/mol. The van der Waals surface area contributed by atoms with Crippen LogP contribution >= 0.6 is 0 Å². The molecule has 1 N–H and O–H groups in total. The van der Waals surface area contributed by atoms with Gasteiger partial charge in [-0.3, -0.25) is 4.79 Å². The topological polar surface area (TPSA) is 32.3 Å². The molecule has 0 saturated heterocycles. The Kier molecular flexibility index (Phi) is 3.08. The summed E-state index contributed by atoms with van der Waals surface area (Å²) in [7, 11) is 1.85. The number of aryl methyl sites for hydroxylation is 1. The molecule has 1 heterocycles. The highest BCUT2D eigenvalue weighted by Gasteiger charge is 2.23. The van der Waals surface area contributed by atoms with Crippen LogP contribution in [-0.2, 0) is 17.6 Å². The Morgan fingerprint density at radius 1 is 1.39 bits per heavy atom. The first kappa shape index (κ1) is 11.7. The smallest absolute Gasteiger partial charge is 0.231 e. The highest BCUT2D eigenvalue weighted by atomic mass is 16.2. The van der Waals surface area contributed by atoms with Crippen molar-refractivity contribution in [2.45, 2.75) is 38.1 Å². The fraction of sp³-hybridized carbons (Fsp3) is 0.533. The van der Waals surface area contributed by atoms with E-state index in [4.69, 9.17) is 0 Å². The molecule has 1 amide bonds. The molecule has 0 atom stereocenters. The Bertz CT molecular complexity index is 466. The molecule has 0 spiro atoms. The van der Waals surface area contributed by atoms with Gasteiger partial charge in [-0.1, -0.05) is 12.1 Å². The number of amides is 1. The van der Waals surface area contributed by atoms with Gasteiger partial charge in [0.2, 0.25) is 5.91 Å². The molecule has 1 aliphatic heterocycles. The first-order valence-corrected chi connectivity index (χ1v) is 6.86. The normalized spacial score (nSPS) is 18.3. The van der Waals surface area contributed by atoms with E-state index in [0.29, 0.717) is 6.42 Å². The zero-order valence-electron chi connectivity index (χ0n) is 10.9. The van der Waals surface area contributed by atoms with Gasteiger partial charge in [0.15, 0.2) is 0 Å². The molecule has 3 rings (SSSR count). The molecule has 1 fully saturated rings. The van der Waals surface area contributed by atoms with Crippen molar-refractivity contribution in [3.63, 3.8) is 0 Å². The summed E-state index contributed by atoms with van der Waals surface area (Å²) in [5, 5.41) is 3.53. The van der Waals surface area contributed by atoms with E-state index in [9.17, 15) is 4.79 Å². The van der Waals surface area contributed by atoms with Crippen molar-refractivity contribution in [2.75, 3.05) is 18.5 Å². The van der Waals surface area contributed by atoms with Gasteiger partial charge in [-0.25, -0.2) is 0 Å². The summed E-state index contributed by atoms with van der Waals surface area (Å²) in [5.41, 5.74) is 3.63. The standard InChI is InChI=1S/C15H20N2O/c1-17-14-7-4-11(9-12(14)10-15(17)18)3-2-8-16-13-5-6-13/h4,7,9,13,16H,2-3,5-6,8,10H2,1H3. The molecule has 0 bridgehead atoms. The Morgan fingerprint density at radius 2 is 2.22 bits per heavy atom. The molecule has 1 aromatic carbocycles. The van der Waals surface area contributed by atoms with Crippen LogP contribution in [0.2, 0.25) is 0 Å². The van der Waals surface area contributed by atoms with Crippen LogP contribution in [0.15, 0.2) is 18.2 Å². The molecule has 18 heavy (non-hydrogen) atoms. The third kappa shape index (κ3) is 2.41. The number of benzene rings is 1. The van der Waals surface area contributed by atoms with Gasteiger partial charge >= 0.3 is 0 Å². The number of hydrogen-bond donors (Lipinski definition) is 1. The van der Waals surface area contributed by atoms with Gasteiger partial charge in [0.1, 0.15) is 0 Å². The molecule has 0 aromatic heterocycles. The quantitative estimate of drug-likeness (QED) is 0.802. The lowest BCUT2D eigenvalue weighted by molar-refractivity contribution is -0.117. The van der Waals surface area contributed by atoms with Crippen molar-refractivity contribution in [3.05, 3.63) is 29.3 Å². The van der Waals surface area contributed by atoms with E-state index in [2.05, 4.69) is 23.5 Å². The second-order valence-electron chi connectivity index (χ2n) is 5.42. The summed E-state index contributed by atoms with van der Waals surface area (Å²) >= 11 is 0. The van der Waals surface area contributed by atoms with E-state index < -0.39 is 0 Å². The Balaban J connectivity index is 1.57. The first-order chi connectivity index (χ1) is 8.74. The van der Waals surface area contributed by atoms with E-state index in [1.165, 1.54) is 30.4 Å².